The molecule has 8 rings (SSSR count). The summed E-state index contributed by atoms with van der Waals surface area (Å²) in [4.78, 5) is 102. The molecular formula is C36H53N13O26P4S. The zero-order valence-corrected chi connectivity index (χ0v) is 45.9. The van der Waals surface area contributed by atoms with Gasteiger partial charge in [0.1, 0.15) is 54.6 Å². The molecule has 16 atom stereocenters. The van der Waals surface area contributed by atoms with Crippen molar-refractivity contribution in [2.45, 2.75) is 87.3 Å². The van der Waals surface area contributed by atoms with Gasteiger partial charge in [0.15, 0.2) is 30.2 Å². The van der Waals surface area contributed by atoms with Crippen LogP contribution in [0.5, 0.6) is 0 Å². The van der Waals surface area contributed by atoms with Crippen LogP contribution in [0, 0.1) is 5.92 Å². The number of aromatic nitrogens is 10. The average molecular weight is 1240 g/mol. The van der Waals surface area contributed by atoms with Gasteiger partial charge < -0.3 is 74.4 Å². The molecule has 80 heavy (non-hydrogen) atoms. The highest BCUT2D eigenvalue weighted by Crippen LogP contribution is 2.68. The number of ether oxygens (including phenoxy) is 4. The number of methoxy groups -OCH3 is 1. The number of nitrogens with two attached hydrogens (primary N) is 2. The Morgan fingerprint density at radius 1 is 0.850 bits per heavy atom. The lowest BCUT2D eigenvalue weighted by Crippen LogP contribution is -2.46. The van der Waals surface area contributed by atoms with Crippen molar-refractivity contribution in [1.82, 2.24) is 48.3 Å². The summed E-state index contributed by atoms with van der Waals surface area (Å²) in [5.74, 6) is -2.11. The summed E-state index contributed by atoms with van der Waals surface area (Å²) in [6, 6.07) is 0.907. The van der Waals surface area contributed by atoms with Gasteiger partial charge in [0.2, 0.25) is 21.8 Å². The highest BCUT2D eigenvalue weighted by molar-refractivity contribution is 7.89. The number of sulfonamides is 1. The maximum Gasteiger partial charge on any atom is 0.490 e. The molecule has 0 aliphatic carbocycles. The van der Waals surface area contributed by atoms with E-state index in [-0.39, 0.29) is 46.3 Å². The monoisotopic (exact) mass is 1240 g/mol. The summed E-state index contributed by atoms with van der Waals surface area (Å²) in [5.41, 5.74) is 8.96. The summed E-state index contributed by atoms with van der Waals surface area (Å²) in [6.07, 6.45) is -13.8. The van der Waals surface area contributed by atoms with Crippen LogP contribution in [0.4, 0.5) is 11.8 Å². The van der Waals surface area contributed by atoms with Crippen molar-refractivity contribution in [2.24, 2.45) is 13.0 Å². The fourth-order valence-electron chi connectivity index (χ4n) is 8.75. The molecule has 0 aromatic carbocycles. The minimum atomic E-state index is -6.29. The normalized spacial score (nSPS) is 29.4. The van der Waals surface area contributed by atoms with E-state index in [2.05, 4.69) is 38.3 Å². The second-order valence-corrected chi connectivity index (χ2v) is 25.8. The lowest BCUT2D eigenvalue weighted by molar-refractivity contribution is -0.745. The van der Waals surface area contributed by atoms with Gasteiger partial charge >= 0.3 is 34.8 Å². The summed E-state index contributed by atoms with van der Waals surface area (Å²) < 4.78 is 137. The number of phosphoric ester groups is 3. The molecule has 0 radical (unpaired) electrons. The number of phosphoric acid groups is 4. The number of hydrogen-bond donors (Lipinski definition) is 11. The van der Waals surface area contributed by atoms with E-state index >= 15 is 0 Å². The largest absolute Gasteiger partial charge is 0.756 e. The van der Waals surface area contributed by atoms with Crippen LogP contribution in [0.15, 0.2) is 45.6 Å². The van der Waals surface area contributed by atoms with Crippen LogP contribution in [0.3, 0.4) is 0 Å². The Kier molecular flexibility index (Phi) is 18.3. The molecule has 4 unspecified atom stereocenters. The maximum atomic E-state index is 13.5. The van der Waals surface area contributed by atoms with Crippen LogP contribution in [-0.2, 0) is 81.0 Å². The second kappa shape index (κ2) is 23.9. The summed E-state index contributed by atoms with van der Waals surface area (Å²) in [5, 5.41) is 32.8. The first-order valence-corrected chi connectivity index (χ1v) is 30.9. The van der Waals surface area contributed by atoms with Gasteiger partial charge in [-0.25, -0.2) is 51.1 Å². The van der Waals surface area contributed by atoms with E-state index in [1.165, 1.54) is 17.9 Å². The van der Waals surface area contributed by atoms with Crippen molar-refractivity contribution in [3.05, 3.63) is 62.4 Å². The Labute approximate surface area is 447 Å². The number of aromatic amines is 2. The third-order valence-electron chi connectivity index (χ3n) is 12.4. The van der Waals surface area contributed by atoms with Gasteiger partial charge in [0, 0.05) is 31.8 Å². The number of H-pyrrole nitrogens is 2. The van der Waals surface area contributed by atoms with Crippen molar-refractivity contribution in [1.29, 1.82) is 0 Å². The number of nitrogens with one attached hydrogen (secondary N) is 3. The van der Waals surface area contributed by atoms with E-state index in [1.807, 2.05) is 4.98 Å². The molecular weight excluding hydrogens is 1190 g/mol. The smallest absolute Gasteiger partial charge is 0.490 e. The average Bonchev–Trinajstić information content (AvgIpc) is 4.33. The lowest BCUT2D eigenvalue weighted by atomic mass is 9.98. The summed E-state index contributed by atoms with van der Waals surface area (Å²) >= 11 is 0. The number of fused-ring (bicyclic) bond motifs is 2. The van der Waals surface area contributed by atoms with E-state index in [0.717, 1.165) is 41.2 Å². The number of unbranched alkanes of at least 4 members (excludes halogenated alkanes) is 1. The Morgan fingerprint density at radius 3 is 2.17 bits per heavy atom. The third-order valence-corrected chi connectivity index (χ3v) is 19.1. The number of aliphatic hydroxyl groups excluding tert-OH is 3. The SMILES string of the molecule is CCCCS(=O)(=O)NC[C@H]1[C@@H](O)[C@H]([n+]2cn(C)c3c(=O)[nH]c(N)nc32)O[C@@H]1COP(=O)(O)OP(=O)(O)OP(=O)(O)OC[C@H]1O[C@@H](n2cnc3c(N)ncnc32)[C@H](OC)[C@@H]1OP(=O)([O-])OC[C@H]1O[C@@H](n2ccc(=O)[nH]c2=O)[C@H](O)[C@@H]1O. The number of anilines is 2. The van der Waals surface area contributed by atoms with Gasteiger partial charge in [-0.05, 0) is 6.42 Å². The zero-order valence-electron chi connectivity index (χ0n) is 41.5. The molecule has 39 nitrogen and oxygen atoms in total. The number of hydrogen-bond acceptors (Lipinski definition) is 29. The molecule has 3 saturated heterocycles. The first-order valence-electron chi connectivity index (χ1n) is 23.3. The van der Waals surface area contributed by atoms with Crippen molar-refractivity contribution >= 4 is 75.4 Å². The predicted molar refractivity (Wildman–Crippen MR) is 260 cm³/mol. The van der Waals surface area contributed by atoms with Crippen LogP contribution < -0.4 is 42.5 Å². The van der Waals surface area contributed by atoms with Crippen molar-refractivity contribution < 1.29 is 112 Å². The minimum Gasteiger partial charge on any atom is -0.756 e. The quantitative estimate of drug-likeness (QED) is 0.0194. The van der Waals surface area contributed by atoms with E-state index in [9.17, 15) is 76.0 Å². The molecule has 0 bridgehead atoms. The van der Waals surface area contributed by atoms with Gasteiger partial charge in [0.05, 0.1) is 45.1 Å². The van der Waals surface area contributed by atoms with Gasteiger partial charge in [-0.2, -0.15) is 8.62 Å². The predicted octanol–water partition coefficient (Wildman–Crippen LogP) is -4.53. The molecule has 0 spiro atoms. The van der Waals surface area contributed by atoms with Crippen molar-refractivity contribution in [3.63, 3.8) is 0 Å². The van der Waals surface area contributed by atoms with E-state index < -0.39 is 158 Å². The fraction of sp³-hybridized carbons (Fsp3) is 0.611. The van der Waals surface area contributed by atoms with E-state index in [4.69, 9.17) is 48.5 Å². The maximum absolute atomic E-state index is 13.5. The summed E-state index contributed by atoms with van der Waals surface area (Å²) in [6.45, 7) is -2.39. The number of imidazole rings is 2. The standard InChI is InChI=1S/C36H53N13O26P4S/c1-4-5-8-80(64,65)42-9-16-17(70-32(23(16)51)49-15-46(2)22-30(49)44-35(38)45-31(22)54)10-68-77(58,59)74-79(62,63)75-78(60,61)69-12-19-26(27(66-3)34(72-19)48-14-41-21-28(37)39-13-40-29(21)48)73-76(56,57)67-11-18-24(52)25(53)33(71-18)47-7-6-20(50)43-36(47)55/h6-7,13-19,23-27,32-34,42,51-53H,4-5,8-12H2,1-3H3,(H9-,37,38,39,40,43,44,45,50,54,55,56,57,58,59,60,61,62,63)/t16-,17-,18-,19-,23-,24-,25-,26-,27-,32-,33-,34-/m1/s1. The van der Waals surface area contributed by atoms with Gasteiger partial charge in [-0.3, -0.25) is 46.9 Å². The number of nitrogens with zero attached hydrogens (tertiary/aromatic N) is 8. The Bertz CT molecular complexity index is 3590. The molecule has 444 valence electrons. The molecule has 44 heteroatoms. The van der Waals surface area contributed by atoms with Crippen LogP contribution in [0.2, 0.25) is 0 Å². The third kappa shape index (κ3) is 13.7. The van der Waals surface area contributed by atoms with Crippen LogP contribution in [-0.4, -0.2) is 170 Å². The Hall–Kier alpha value is -4.67. The van der Waals surface area contributed by atoms with Gasteiger partial charge in [-0.1, -0.05) is 18.3 Å². The van der Waals surface area contributed by atoms with Gasteiger partial charge in [0.25, 0.3) is 24.9 Å². The highest BCUT2D eigenvalue weighted by atomic mass is 32.2. The first kappa shape index (κ1) is 61.4. The van der Waals surface area contributed by atoms with E-state index in [0.29, 0.717) is 11.0 Å². The molecule has 3 fully saturated rings. The second-order valence-electron chi connectivity index (χ2n) is 17.9. The van der Waals surface area contributed by atoms with Crippen molar-refractivity contribution in [3.8, 4) is 0 Å². The molecule has 5 aromatic heterocycles. The number of nitrogen functional groups attached to an aromatic ring is 2. The van der Waals surface area contributed by atoms with Crippen LogP contribution in [0.25, 0.3) is 22.3 Å². The van der Waals surface area contributed by atoms with E-state index in [1.54, 1.807) is 6.92 Å². The van der Waals surface area contributed by atoms with Crippen LogP contribution >= 0.6 is 31.3 Å². The first-order chi connectivity index (χ1) is 37.4. The Balaban J connectivity index is 0.954. The summed E-state index contributed by atoms with van der Waals surface area (Å²) in [7, 11) is -25.5. The lowest BCUT2D eigenvalue weighted by Gasteiger charge is -2.31. The number of rotatable bonds is 25. The molecule has 0 saturated carbocycles. The molecule has 3 aliphatic heterocycles. The zero-order chi connectivity index (χ0) is 58.4. The topological polar surface area (TPSA) is 556 Å². The molecule has 0 amide bonds. The fourth-order valence-corrected chi connectivity index (χ4v) is 14.5. The molecule has 13 N–H and O–H groups in total. The highest BCUT2D eigenvalue weighted by Gasteiger charge is 2.53. The minimum absolute atomic E-state index is 0.0164. The number of aryl methyl sites for hydroxylation is 1. The Morgan fingerprint density at radius 2 is 1.51 bits per heavy atom. The number of aliphatic hydroxyl groups is 3. The van der Waals surface area contributed by atoms with Gasteiger partial charge in [-0.15, -0.1) is 0 Å². The van der Waals surface area contributed by atoms with Crippen LogP contribution in [0.1, 0.15) is 38.4 Å². The molecule has 8 heterocycles. The van der Waals surface area contributed by atoms with Crippen molar-refractivity contribution in [2.75, 3.05) is 50.7 Å². The molecule has 3 aliphatic rings. The molecule has 5 aromatic rings.